The molecule has 0 saturated carbocycles. The highest BCUT2D eigenvalue weighted by atomic mass is 16.4. The monoisotopic (exact) mass is 285 g/mol. The number of rotatable bonds is 3. The molecule has 1 fully saturated rings. The summed E-state index contributed by atoms with van der Waals surface area (Å²) in [7, 11) is 0. The molecule has 0 bridgehead atoms. The molecule has 3 rings (SSSR count). The van der Waals surface area contributed by atoms with Crippen LogP contribution >= 0.6 is 0 Å². The molecule has 0 unspecified atom stereocenters. The fourth-order valence-electron chi connectivity index (χ4n) is 2.82. The number of pyridine rings is 1. The lowest BCUT2D eigenvalue weighted by Gasteiger charge is -2.34. The van der Waals surface area contributed by atoms with E-state index in [-0.39, 0.29) is 6.54 Å². The standard InChI is InChI=1S/C16H19N3O2/c1-12-10-15(17-14-5-3-2-4-13(12)14)19-8-6-18(7-9-19)11-16(20)21/h2-5,10H,6-9,11H2,1H3,(H,20,21). The predicted octanol–water partition coefficient (Wildman–Crippen LogP) is 1.75. The van der Waals surface area contributed by atoms with E-state index in [1.54, 1.807) is 0 Å². The maximum atomic E-state index is 10.7. The van der Waals surface area contributed by atoms with Crippen molar-refractivity contribution in [3.63, 3.8) is 0 Å². The minimum Gasteiger partial charge on any atom is -0.480 e. The number of nitrogens with zero attached hydrogens (tertiary/aromatic N) is 3. The Morgan fingerprint density at radius 2 is 1.95 bits per heavy atom. The number of aliphatic carboxylic acids is 1. The van der Waals surface area contributed by atoms with Crippen molar-refractivity contribution < 1.29 is 9.90 Å². The molecule has 1 aliphatic heterocycles. The molecule has 1 N–H and O–H groups in total. The first kappa shape index (κ1) is 13.8. The van der Waals surface area contributed by atoms with Gasteiger partial charge in [0.05, 0.1) is 12.1 Å². The van der Waals surface area contributed by atoms with Crippen LogP contribution in [0.3, 0.4) is 0 Å². The predicted molar refractivity (Wildman–Crippen MR) is 82.8 cm³/mol. The van der Waals surface area contributed by atoms with Crippen molar-refractivity contribution in [2.24, 2.45) is 0 Å². The summed E-state index contributed by atoms with van der Waals surface area (Å²) < 4.78 is 0. The molecule has 1 aliphatic rings. The minimum atomic E-state index is -0.761. The number of carbonyl (C=O) groups is 1. The van der Waals surface area contributed by atoms with E-state index in [4.69, 9.17) is 10.1 Å². The van der Waals surface area contributed by atoms with Gasteiger partial charge in [-0.3, -0.25) is 9.69 Å². The van der Waals surface area contributed by atoms with Crippen LogP contribution in [0.5, 0.6) is 0 Å². The van der Waals surface area contributed by atoms with Gasteiger partial charge in [-0.1, -0.05) is 18.2 Å². The Labute approximate surface area is 123 Å². The van der Waals surface area contributed by atoms with Crippen LogP contribution in [0.1, 0.15) is 5.56 Å². The molecular weight excluding hydrogens is 266 g/mol. The van der Waals surface area contributed by atoms with E-state index >= 15 is 0 Å². The first-order valence-corrected chi connectivity index (χ1v) is 7.19. The van der Waals surface area contributed by atoms with Crippen LogP contribution in [-0.2, 0) is 4.79 Å². The van der Waals surface area contributed by atoms with E-state index in [9.17, 15) is 4.79 Å². The summed E-state index contributed by atoms with van der Waals surface area (Å²) >= 11 is 0. The molecule has 0 spiro atoms. The van der Waals surface area contributed by atoms with Gasteiger partial charge in [-0.05, 0) is 24.6 Å². The Hall–Kier alpha value is -2.14. The number of hydrogen-bond acceptors (Lipinski definition) is 4. The molecule has 5 nitrogen and oxygen atoms in total. The van der Waals surface area contributed by atoms with Gasteiger partial charge in [-0.15, -0.1) is 0 Å². The number of benzene rings is 1. The summed E-state index contributed by atoms with van der Waals surface area (Å²) in [4.78, 5) is 19.7. The number of carboxylic acid groups (broad SMARTS) is 1. The van der Waals surface area contributed by atoms with Crippen LogP contribution < -0.4 is 4.90 Å². The van der Waals surface area contributed by atoms with Crippen LogP contribution in [0.25, 0.3) is 10.9 Å². The molecular formula is C16H19N3O2. The number of carboxylic acids is 1. The molecule has 0 amide bonds. The molecule has 0 radical (unpaired) electrons. The van der Waals surface area contributed by atoms with E-state index < -0.39 is 5.97 Å². The summed E-state index contributed by atoms with van der Waals surface area (Å²) in [5.74, 6) is 0.226. The van der Waals surface area contributed by atoms with Gasteiger partial charge in [0.15, 0.2) is 0 Å². The topological polar surface area (TPSA) is 56.7 Å². The van der Waals surface area contributed by atoms with Crippen molar-refractivity contribution in [3.05, 3.63) is 35.9 Å². The molecule has 2 heterocycles. The zero-order valence-corrected chi connectivity index (χ0v) is 12.1. The fraction of sp³-hybridized carbons (Fsp3) is 0.375. The van der Waals surface area contributed by atoms with Crippen molar-refractivity contribution in [3.8, 4) is 0 Å². The van der Waals surface area contributed by atoms with E-state index in [1.165, 1.54) is 10.9 Å². The largest absolute Gasteiger partial charge is 0.480 e. The molecule has 0 aliphatic carbocycles. The van der Waals surface area contributed by atoms with Gasteiger partial charge >= 0.3 is 5.97 Å². The van der Waals surface area contributed by atoms with Crippen LogP contribution in [-0.4, -0.2) is 53.7 Å². The summed E-state index contributed by atoms with van der Waals surface area (Å²) in [6.45, 7) is 5.39. The number of para-hydroxylation sites is 1. The third-order valence-corrected chi connectivity index (χ3v) is 3.96. The SMILES string of the molecule is Cc1cc(N2CCN(CC(=O)O)CC2)nc2ccccc12. The summed E-state index contributed by atoms with van der Waals surface area (Å²) in [5.41, 5.74) is 2.24. The van der Waals surface area contributed by atoms with E-state index in [1.807, 2.05) is 23.1 Å². The second kappa shape index (κ2) is 5.69. The third-order valence-electron chi connectivity index (χ3n) is 3.96. The summed E-state index contributed by atoms with van der Waals surface area (Å²) in [6, 6.07) is 10.3. The van der Waals surface area contributed by atoms with Crippen LogP contribution in [0.15, 0.2) is 30.3 Å². The number of fused-ring (bicyclic) bond motifs is 1. The molecule has 1 saturated heterocycles. The highest BCUT2D eigenvalue weighted by molar-refractivity contribution is 5.83. The lowest BCUT2D eigenvalue weighted by molar-refractivity contribution is -0.138. The van der Waals surface area contributed by atoms with Crippen molar-refractivity contribution in [1.29, 1.82) is 0 Å². The number of anilines is 1. The zero-order chi connectivity index (χ0) is 14.8. The number of aromatic nitrogens is 1. The first-order chi connectivity index (χ1) is 10.1. The van der Waals surface area contributed by atoms with Crippen molar-refractivity contribution >= 4 is 22.7 Å². The lowest BCUT2D eigenvalue weighted by atomic mass is 10.1. The fourth-order valence-corrected chi connectivity index (χ4v) is 2.82. The second-order valence-electron chi connectivity index (χ2n) is 5.47. The smallest absolute Gasteiger partial charge is 0.317 e. The van der Waals surface area contributed by atoms with Gasteiger partial charge in [0.25, 0.3) is 0 Å². The van der Waals surface area contributed by atoms with Crippen molar-refractivity contribution in [1.82, 2.24) is 9.88 Å². The van der Waals surface area contributed by atoms with Gasteiger partial charge in [0, 0.05) is 31.6 Å². The highest BCUT2D eigenvalue weighted by Crippen LogP contribution is 2.23. The summed E-state index contributed by atoms with van der Waals surface area (Å²) in [6.07, 6.45) is 0. The Morgan fingerprint density at radius 3 is 2.67 bits per heavy atom. The average Bonchev–Trinajstić information content (AvgIpc) is 2.47. The molecule has 5 heteroatoms. The summed E-state index contributed by atoms with van der Waals surface area (Å²) in [5, 5.41) is 10.0. The normalized spacial score (nSPS) is 16.3. The lowest BCUT2D eigenvalue weighted by Crippen LogP contribution is -2.48. The van der Waals surface area contributed by atoms with Crippen LogP contribution in [0, 0.1) is 6.92 Å². The van der Waals surface area contributed by atoms with Gasteiger partial charge in [0.1, 0.15) is 5.82 Å². The molecule has 0 atom stereocenters. The Balaban J connectivity index is 1.78. The maximum absolute atomic E-state index is 10.7. The van der Waals surface area contributed by atoms with E-state index in [0.29, 0.717) is 0 Å². The number of hydrogen-bond donors (Lipinski definition) is 1. The van der Waals surface area contributed by atoms with E-state index in [0.717, 1.165) is 37.5 Å². The third kappa shape index (κ3) is 2.97. The average molecular weight is 285 g/mol. The van der Waals surface area contributed by atoms with Gasteiger partial charge < -0.3 is 10.0 Å². The number of aryl methyl sites for hydroxylation is 1. The minimum absolute atomic E-state index is 0.123. The Kier molecular flexibility index (Phi) is 3.75. The maximum Gasteiger partial charge on any atom is 0.317 e. The highest BCUT2D eigenvalue weighted by Gasteiger charge is 2.20. The molecule has 1 aromatic carbocycles. The van der Waals surface area contributed by atoms with Gasteiger partial charge in [-0.2, -0.15) is 0 Å². The first-order valence-electron chi connectivity index (χ1n) is 7.19. The molecule has 21 heavy (non-hydrogen) atoms. The zero-order valence-electron chi connectivity index (χ0n) is 12.1. The second-order valence-corrected chi connectivity index (χ2v) is 5.47. The van der Waals surface area contributed by atoms with Gasteiger partial charge in [0.2, 0.25) is 0 Å². The Morgan fingerprint density at radius 1 is 1.24 bits per heavy atom. The molecule has 110 valence electrons. The van der Waals surface area contributed by atoms with Gasteiger partial charge in [-0.25, -0.2) is 4.98 Å². The van der Waals surface area contributed by atoms with Crippen LogP contribution in [0.4, 0.5) is 5.82 Å². The Bertz CT molecular complexity index is 664. The van der Waals surface area contributed by atoms with E-state index in [2.05, 4.69) is 24.0 Å². The number of piperazine rings is 1. The molecule has 2 aromatic rings. The van der Waals surface area contributed by atoms with Crippen molar-refractivity contribution in [2.45, 2.75) is 6.92 Å². The molecule has 1 aromatic heterocycles. The van der Waals surface area contributed by atoms with Crippen LogP contribution in [0.2, 0.25) is 0 Å². The van der Waals surface area contributed by atoms with Crippen molar-refractivity contribution in [2.75, 3.05) is 37.6 Å². The quantitative estimate of drug-likeness (QED) is 0.931.